The van der Waals surface area contributed by atoms with Gasteiger partial charge in [-0.25, -0.2) is 4.68 Å². The van der Waals surface area contributed by atoms with E-state index in [1.54, 1.807) is 31.2 Å². The Morgan fingerprint density at radius 3 is 2.54 bits per heavy atom. The van der Waals surface area contributed by atoms with Gasteiger partial charge in [-0.15, -0.1) is 0 Å². The van der Waals surface area contributed by atoms with E-state index in [-0.39, 0.29) is 5.56 Å². The van der Waals surface area contributed by atoms with Crippen LogP contribution in [0.25, 0.3) is 5.69 Å². The Kier molecular flexibility index (Phi) is 6.07. The van der Waals surface area contributed by atoms with Crippen LogP contribution >= 0.6 is 0 Å². The van der Waals surface area contributed by atoms with Crippen molar-refractivity contribution in [3.8, 4) is 5.69 Å². The predicted octanol–water partition coefficient (Wildman–Crippen LogP) is 3.66. The fourth-order valence-corrected chi connectivity index (χ4v) is 3.70. The van der Waals surface area contributed by atoms with Crippen LogP contribution in [-0.2, 0) is 6.18 Å². The number of hydrogen-bond acceptors (Lipinski definition) is 3. The number of rotatable bonds is 5. The quantitative estimate of drug-likeness (QED) is 0.842. The molecule has 0 bridgehead atoms. The topological polar surface area (TPSA) is 50.2 Å². The summed E-state index contributed by atoms with van der Waals surface area (Å²) in [5.41, 5.74) is -0.423. The number of amides is 1. The maximum absolute atomic E-state index is 13.8. The lowest BCUT2D eigenvalue weighted by molar-refractivity contribution is -0.143. The highest BCUT2D eigenvalue weighted by Crippen LogP contribution is 2.35. The number of nitrogens with zero attached hydrogens (tertiary/aromatic N) is 3. The van der Waals surface area contributed by atoms with E-state index in [1.165, 1.54) is 4.90 Å². The highest BCUT2D eigenvalue weighted by molar-refractivity contribution is 5.95. The normalized spacial score (nSPS) is 15.8. The number of alkyl halides is 3. The molecule has 1 saturated heterocycles. The smallest absolute Gasteiger partial charge is 0.339 e. The summed E-state index contributed by atoms with van der Waals surface area (Å²) in [6.07, 6.45) is -1.02. The number of likely N-dealkylation sites (tertiary alicyclic amines) is 1. The molecule has 2 aromatic rings. The van der Waals surface area contributed by atoms with Crippen LogP contribution in [-0.4, -0.2) is 47.3 Å². The number of carbonyl (C=O) groups is 1. The van der Waals surface area contributed by atoms with Gasteiger partial charge in [-0.1, -0.05) is 18.2 Å². The summed E-state index contributed by atoms with van der Waals surface area (Å²) in [7, 11) is 1.89. The summed E-state index contributed by atoms with van der Waals surface area (Å²) in [5, 5.41) is 7.03. The molecule has 3 rings (SSSR count). The van der Waals surface area contributed by atoms with Crippen LogP contribution in [0.5, 0.6) is 0 Å². The highest BCUT2D eigenvalue weighted by Gasteiger charge is 2.42. The van der Waals surface area contributed by atoms with Crippen molar-refractivity contribution in [3.05, 3.63) is 47.3 Å². The van der Waals surface area contributed by atoms with E-state index in [2.05, 4.69) is 10.4 Å². The zero-order chi connectivity index (χ0) is 20.3. The largest absolute Gasteiger partial charge is 0.434 e. The Labute approximate surface area is 162 Å². The van der Waals surface area contributed by atoms with Crippen molar-refractivity contribution < 1.29 is 18.0 Å². The molecular formula is C20H25F3N4O. The summed E-state index contributed by atoms with van der Waals surface area (Å²) in [6, 6.07) is 6.69. The summed E-state index contributed by atoms with van der Waals surface area (Å²) in [4.78, 5) is 14.4. The van der Waals surface area contributed by atoms with Gasteiger partial charge in [0.15, 0.2) is 5.69 Å². The molecule has 0 atom stereocenters. The average molecular weight is 394 g/mol. The summed E-state index contributed by atoms with van der Waals surface area (Å²) >= 11 is 0. The molecule has 8 heteroatoms. The first-order valence-corrected chi connectivity index (χ1v) is 9.48. The van der Waals surface area contributed by atoms with Crippen LogP contribution in [0.4, 0.5) is 13.2 Å². The second-order valence-electron chi connectivity index (χ2n) is 7.23. The average Bonchev–Trinajstić information content (AvgIpc) is 3.12. The van der Waals surface area contributed by atoms with Gasteiger partial charge in [0.05, 0.1) is 17.4 Å². The standard InChI is InChI=1S/C20H25F3N4O/c1-14-5-3-4-6-17(14)27-18(20(21,22)23)16(13-25-27)19(28)26-11-8-15(9-12-26)7-10-24-2/h3-6,13,15,24H,7-12H2,1-2H3. The molecule has 0 unspecified atom stereocenters. The van der Waals surface area contributed by atoms with Crippen LogP contribution in [0.2, 0.25) is 0 Å². The molecule has 0 radical (unpaired) electrons. The molecule has 5 nitrogen and oxygen atoms in total. The molecule has 2 heterocycles. The molecule has 1 N–H and O–H groups in total. The van der Waals surface area contributed by atoms with Gasteiger partial charge in [-0.05, 0) is 57.3 Å². The zero-order valence-corrected chi connectivity index (χ0v) is 16.1. The molecule has 1 aromatic carbocycles. The fraction of sp³-hybridized carbons (Fsp3) is 0.500. The maximum Gasteiger partial charge on any atom is 0.434 e. The van der Waals surface area contributed by atoms with Gasteiger partial charge in [-0.3, -0.25) is 4.79 Å². The number of para-hydroxylation sites is 1. The van der Waals surface area contributed by atoms with Gasteiger partial charge < -0.3 is 10.2 Å². The van der Waals surface area contributed by atoms with Crippen molar-refractivity contribution in [3.63, 3.8) is 0 Å². The molecule has 1 aliphatic heterocycles. The molecule has 1 fully saturated rings. The minimum atomic E-state index is -4.69. The predicted molar refractivity (Wildman–Crippen MR) is 100 cm³/mol. The van der Waals surface area contributed by atoms with E-state index < -0.39 is 17.8 Å². The molecule has 152 valence electrons. The van der Waals surface area contributed by atoms with Crippen LogP contribution in [0.3, 0.4) is 0 Å². The second kappa shape index (κ2) is 8.34. The third-order valence-corrected chi connectivity index (χ3v) is 5.32. The minimum absolute atomic E-state index is 0.319. The van der Waals surface area contributed by atoms with E-state index >= 15 is 0 Å². The molecule has 0 aliphatic carbocycles. The van der Waals surface area contributed by atoms with Gasteiger partial charge in [0.2, 0.25) is 0 Å². The maximum atomic E-state index is 13.8. The number of nitrogens with one attached hydrogen (secondary N) is 1. The first-order valence-electron chi connectivity index (χ1n) is 9.48. The number of aromatic nitrogens is 2. The van der Waals surface area contributed by atoms with Crippen molar-refractivity contribution in [2.75, 3.05) is 26.7 Å². The van der Waals surface area contributed by atoms with Gasteiger partial charge in [0.25, 0.3) is 5.91 Å². The van der Waals surface area contributed by atoms with Crippen molar-refractivity contribution in [2.45, 2.75) is 32.4 Å². The van der Waals surface area contributed by atoms with Crippen LogP contribution < -0.4 is 5.32 Å². The fourth-order valence-electron chi connectivity index (χ4n) is 3.70. The van der Waals surface area contributed by atoms with Gasteiger partial charge in [-0.2, -0.15) is 18.3 Å². The molecule has 0 spiro atoms. The Bertz CT molecular complexity index is 823. The van der Waals surface area contributed by atoms with Gasteiger partial charge in [0, 0.05) is 13.1 Å². The number of piperidine rings is 1. The molecule has 0 saturated carbocycles. The number of aryl methyl sites for hydroxylation is 1. The molecule has 1 aromatic heterocycles. The molecule has 1 amide bonds. The van der Waals surface area contributed by atoms with Crippen molar-refractivity contribution >= 4 is 5.91 Å². The summed E-state index contributed by atoms with van der Waals surface area (Å²) in [5.74, 6) is -0.104. The number of carbonyl (C=O) groups excluding carboxylic acids is 1. The lowest BCUT2D eigenvalue weighted by Gasteiger charge is -2.32. The van der Waals surface area contributed by atoms with E-state index in [0.29, 0.717) is 30.3 Å². The van der Waals surface area contributed by atoms with Crippen LogP contribution in [0.1, 0.15) is 40.9 Å². The van der Waals surface area contributed by atoms with E-state index in [0.717, 1.165) is 36.7 Å². The Morgan fingerprint density at radius 1 is 1.25 bits per heavy atom. The third-order valence-electron chi connectivity index (χ3n) is 5.32. The minimum Gasteiger partial charge on any atom is -0.339 e. The van der Waals surface area contributed by atoms with E-state index in [1.807, 2.05) is 7.05 Å². The lowest BCUT2D eigenvalue weighted by atomic mass is 9.93. The molecule has 1 aliphatic rings. The lowest BCUT2D eigenvalue weighted by Crippen LogP contribution is -2.39. The third kappa shape index (κ3) is 4.22. The summed E-state index contributed by atoms with van der Waals surface area (Å²) < 4.78 is 42.4. The van der Waals surface area contributed by atoms with Crippen molar-refractivity contribution in [2.24, 2.45) is 5.92 Å². The van der Waals surface area contributed by atoms with Crippen LogP contribution in [0, 0.1) is 12.8 Å². The zero-order valence-electron chi connectivity index (χ0n) is 16.1. The van der Waals surface area contributed by atoms with Crippen molar-refractivity contribution in [1.82, 2.24) is 20.0 Å². The SMILES string of the molecule is CNCCC1CCN(C(=O)c2cnn(-c3ccccc3C)c2C(F)(F)F)CC1. The van der Waals surface area contributed by atoms with Crippen molar-refractivity contribution in [1.29, 1.82) is 0 Å². The second-order valence-corrected chi connectivity index (χ2v) is 7.23. The molecular weight excluding hydrogens is 369 g/mol. The monoisotopic (exact) mass is 394 g/mol. The van der Waals surface area contributed by atoms with E-state index in [9.17, 15) is 18.0 Å². The highest BCUT2D eigenvalue weighted by atomic mass is 19.4. The Morgan fingerprint density at radius 2 is 1.93 bits per heavy atom. The number of benzene rings is 1. The Hall–Kier alpha value is -2.35. The number of hydrogen-bond donors (Lipinski definition) is 1. The number of halogens is 3. The van der Waals surface area contributed by atoms with Crippen LogP contribution in [0.15, 0.2) is 30.5 Å². The first kappa shape index (κ1) is 20.4. The van der Waals surface area contributed by atoms with E-state index in [4.69, 9.17) is 0 Å². The molecule has 28 heavy (non-hydrogen) atoms. The first-order chi connectivity index (χ1) is 13.3. The summed E-state index contributed by atoms with van der Waals surface area (Å²) in [6.45, 7) is 3.56. The Balaban J connectivity index is 1.87. The van der Waals surface area contributed by atoms with Gasteiger partial charge in [0.1, 0.15) is 0 Å². The van der Waals surface area contributed by atoms with Gasteiger partial charge >= 0.3 is 6.18 Å².